The predicted molar refractivity (Wildman–Crippen MR) is 91.5 cm³/mol. The van der Waals surface area contributed by atoms with Crippen LogP contribution in [0, 0.1) is 5.82 Å². The molecule has 5 nitrogen and oxygen atoms in total. The van der Waals surface area contributed by atoms with Crippen molar-refractivity contribution < 1.29 is 13.7 Å². The number of rotatable bonds is 6. The van der Waals surface area contributed by atoms with Crippen molar-refractivity contribution in [1.82, 2.24) is 15.5 Å². The molecule has 1 aliphatic rings. The molecule has 0 saturated heterocycles. The molecule has 7 heteroatoms. The molecule has 1 N–H and O–H groups in total. The Morgan fingerprint density at radius 3 is 2.80 bits per heavy atom. The number of hydrogen-bond donors (Lipinski definition) is 1. The van der Waals surface area contributed by atoms with Crippen LogP contribution in [0.25, 0.3) is 10.8 Å². The Balaban J connectivity index is 1.32. The van der Waals surface area contributed by atoms with Gasteiger partial charge in [-0.25, -0.2) is 4.39 Å². The van der Waals surface area contributed by atoms with Crippen LogP contribution in [0.2, 0.25) is 0 Å². The minimum atomic E-state index is -0.304. The van der Waals surface area contributed by atoms with E-state index in [9.17, 15) is 9.18 Å². The number of aromatic nitrogens is 2. The van der Waals surface area contributed by atoms with Gasteiger partial charge < -0.3 is 9.84 Å². The van der Waals surface area contributed by atoms with Crippen molar-refractivity contribution >= 4 is 17.2 Å². The van der Waals surface area contributed by atoms with E-state index in [1.807, 2.05) is 12.1 Å². The Kier molecular flexibility index (Phi) is 4.31. The monoisotopic (exact) mass is 357 g/mol. The summed E-state index contributed by atoms with van der Waals surface area (Å²) >= 11 is 1.52. The molecule has 3 aromatic rings. The third kappa shape index (κ3) is 3.93. The van der Waals surface area contributed by atoms with Gasteiger partial charge in [-0.15, -0.1) is 11.3 Å². The van der Waals surface area contributed by atoms with E-state index in [1.165, 1.54) is 23.5 Å². The number of carbonyl (C=O) groups excluding carboxylic acids is 1. The number of thiophene rings is 1. The number of nitrogens with one attached hydrogen (secondary N) is 1. The summed E-state index contributed by atoms with van der Waals surface area (Å²) in [6, 6.07) is 9.81. The highest BCUT2D eigenvalue weighted by atomic mass is 32.1. The van der Waals surface area contributed by atoms with Crippen LogP contribution in [0.3, 0.4) is 0 Å². The van der Waals surface area contributed by atoms with Crippen LogP contribution >= 0.6 is 11.3 Å². The molecule has 1 amide bonds. The fourth-order valence-corrected chi connectivity index (χ4v) is 3.34. The van der Waals surface area contributed by atoms with Gasteiger partial charge in [0.2, 0.25) is 5.91 Å². The van der Waals surface area contributed by atoms with Crippen molar-refractivity contribution in [3.63, 3.8) is 0 Å². The van der Waals surface area contributed by atoms with E-state index in [0.29, 0.717) is 18.4 Å². The van der Waals surface area contributed by atoms with Crippen LogP contribution in [0.1, 0.15) is 35.0 Å². The lowest BCUT2D eigenvalue weighted by Crippen LogP contribution is -2.24. The molecule has 25 heavy (non-hydrogen) atoms. The molecule has 1 aliphatic carbocycles. The number of nitrogens with zero attached hydrogens (tertiary/aromatic N) is 2. The third-order valence-electron chi connectivity index (χ3n) is 3.99. The molecule has 0 unspecified atom stereocenters. The Labute approximate surface area is 147 Å². The standard InChI is InChI=1S/C18H16FN3O2S/c19-13-5-1-11(2-6-13)9-16(23)20-10-14-7-8-15(25-14)18-21-17(22-24-18)12-3-4-12/h1-2,5-8,12H,3-4,9-10H2,(H,20,23). The maximum atomic E-state index is 12.9. The second-order valence-corrected chi connectivity index (χ2v) is 7.25. The number of hydrogen-bond acceptors (Lipinski definition) is 5. The zero-order valence-corrected chi connectivity index (χ0v) is 14.2. The normalized spacial score (nSPS) is 13.8. The molecule has 0 aliphatic heterocycles. The van der Waals surface area contributed by atoms with Crippen LogP contribution in [0.15, 0.2) is 40.9 Å². The molecule has 0 spiro atoms. The molecule has 4 rings (SSSR count). The fourth-order valence-electron chi connectivity index (χ4n) is 2.47. The van der Waals surface area contributed by atoms with Crippen molar-refractivity contribution in [2.24, 2.45) is 0 Å². The first-order valence-corrected chi connectivity index (χ1v) is 8.93. The number of carbonyl (C=O) groups is 1. The highest BCUT2D eigenvalue weighted by Crippen LogP contribution is 2.39. The molecule has 1 fully saturated rings. The van der Waals surface area contributed by atoms with Gasteiger partial charge in [-0.1, -0.05) is 17.3 Å². The molecule has 0 atom stereocenters. The molecule has 0 bridgehead atoms. The van der Waals surface area contributed by atoms with E-state index in [1.54, 1.807) is 12.1 Å². The van der Waals surface area contributed by atoms with E-state index in [0.717, 1.165) is 34.0 Å². The zero-order chi connectivity index (χ0) is 17.2. The molecule has 1 aromatic carbocycles. The Hall–Kier alpha value is -2.54. The lowest BCUT2D eigenvalue weighted by atomic mass is 10.1. The number of benzene rings is 1. The lowest BCUT2D eigenvalue weighted by molar-refractivity contribution is -0.120. The maximum Gasteiger partial charge on any atom is 0.268 e. The average molecular weight is 357 g/mol. The summed E-state index contributed by atoms with van der Waals surface area (Å²) in [5.74, 6) is 1.38. The second kappa shape index (κ2) is 6.76. The highest BCUT2D eigenvalue weighted by Gasteiger charge is 2.29. The Morgan fingerprint density at radius 2 is 2.04 bits per heavy atom. The average Bonchev–Trinajstić information content (AvgIpc) is 3.16. The van der Waals surface area contributed by atoms with Gasteiger partial charge in [-0.2, -0.15) is 4.98 Å². The quantitative estimate of drug-likeness (QED) is 0.731. The van der Waals surface area contributed by atoms with Crippen LogP contribution in [-0.2, 0) is 17.8 Å². The van der Waals surface area contributed by atoms with Gasteiger partial charge in [0.25, 0.3) is 5.89 Å². The first kappa shape index (κ1) is 16.0. The van der Waals surface area contributed by atoms with E-state index >= 15 is 0 Å². The van der Waals surface area contributed by atoms with Crippen molar-refractivity contribution in [2.75, 3.05) is 0 Å². The molecular formula is C18H16FN3O2S. The molecule has 1 saturated carbocycles. The number of amides is 1. The Morgan fingerprint density at radius 1 is 1.24 bits per heavy atom. The summed E-state index contributed by atoms with van der Waals surface area (Å²) in [6.07, 6.45) is 2.50. The SMILES string of the molecule is O=C(Cc1ccc(F)cc1)NCc1ccc(-c2nc(C3CC3)no2)s1. The van der Waals surface area contributed by atoms with Gasteiger partial charge in [0, 0.05) is 10.8 Å². The second-order valence-electron chi connectivity index (χ2n) is 6.08. The molecule has 128 valence electrons. The minimum absolute atomic E-state index is 0.102. The fraction of sp³-hybridized carbons (Fsp3) is 0.278. The molecule has 0 radical (unpaired) electrons. The van der Waals surface area contributed by atoms with Crippen LogP contribution in [0.4, 0.5) is 4.39 Å². The van der Waals surface area contributed by atoms with Gasteiger partial charge >= 0.3 is 0 Å². The summed E-state index contributed by atoms with van der Waals surface area (Å²) in [7, 11) is 0. The lowest BCUT2D eigenvalue weighted by Gasteiger charge is -2.03. The third-order valence-corrected chi connectivity index (χ3v) is 5.07. The first-order chi connectivity index (χ1) is 12.2. The Bertz CT molecular complexity index is 884. The summed E-state index contributed by atoms with van der Waals surface area (Å²) in [5.41, 5.74) is 0.782. The van der Waals surface area contributed by atoms with Crippen LogP contribution < -0.4 is 5.32 Å². The predicted octanol–water partition coefficient (Wildman–Crippen LogP) is 3.67. The van der Waals surface area contributed by atoms with Crippen LogP contribution in [-0.4, -0.2) is 16.0 Å². The van der Waals surface area contributed by atoms with Crippen molar-refractivity contribution in [1.29, 1.82) is 0 Å². The van der Waals surface area contributed by atoms with E-state index in [4.69, 9.17) is 4.52 Å². The summed E-state index contributed by atoms with van der Waals surface area (Å²) in [5, 5.41) is 6.89. The van der Waals surface area contributed by atoms with E-state index < -0.39 is 0 Å². The van der Waals surface area contributed by atoms with E-state index in [2.05, 4.69) is 15.5 Å². The van der Waals surface area contributed by atoms with Gasteiger partial charge in [0.1, 0.15) is 5.82 Å². The van der Waals surface area contributed by atoms with Gasteiger partial charge in [0.05, 0.1) is 17.8 Å². The van der Waals surface area contributed by atoms with Crippen LogP contribution in [0.5, 0.6) is 0 Å². The highest BCUT2D eigenvalue weighted by molar-refractivity contribution is 7.15. The zero-order valence-electron chi connectivity index (χ0n) is 13.4. The van der Waals surface area contributed by atoms with Gasteiger partial charge in [0.15, 0.2) is 5.82 Å². The van der Waals surface area contributed by atoms with Crippen molar-refractivity contribution in [2.45, 2.75) is 31.7 Å². The number of halogens is 1. The largest absolute Gasteiger partial charge is 0.351 e. The molecule has 2 aromatic heterocycles. The minimum Gasteiger partial charge on any atom is -0.351 e. The smallest absolute Gasteiger partial charge is 0.268 e. The summed E-state index contributed by atoms with van der Waals surface area (Å²) in [6.45, 7) is 0.439. The topological polar surface area (TPSA) is 68.0 Å². The van der Waals surface area contributed by atoms with Gasteiger partial charge in [-0.3, -0.25) is 4.79 Å². The van der Waals surface area contributed by atoms with Crippen molar-refractivity contribution in [3.8, 4) is 10.8 Å². The summed E-state index contributed by atoms with van der Waals surface area (Å²) in [4.78, 5) is 18.3. The maximum absolute atomic E-state index is 12.9. The molecular weight excluding hydrogens is 341 g/mol. The molecule has 2 heterocycles. The van der Waals surface area contributed by atoms with Crippen molar-refractivity contribution in [3.05, 3.63) is 58.5 Å². The summed E-state index contributed by atoms with van der Waals surface area (Å²) < 4.78 is 18.2. The van der Waals surface area contributed by atoms with E-state index in [-0.39, 0.29) is 18.1 Å². The first-order valence-electron chi connectivity index (χ1n) is 8.11. The van der Waals surface area contributed by atoms with Gasteiger partial charge in [-0.05, 0) is 42.7 Å².